The standard InChI is InChI=1S/C20H26BCl2N3O6/c1-4-26-10-18(28)31-21(26,32-19(29)11-26)16(7-12(2)3)25-17(27)9-24-20(30)14-8-13(22)5-6-15(14)23/h5-6,8,12,16H,4,7,9-11H2,1-3H3,(H,24,30)(H,25,27)/t16-,21?,26?/m1/s1. The Bertz CT molecular complexity index is 937. The van der Waals surface area contributed by atoms with Gasteiger partial charge in [-0.05, 0) is 37.5 Å². The molecule has 0 spiro atoms. The van der Waals surface area contributed by atoms with E-state index in [-0.39, 0.29) is 40.5 Å². The number of amides is 2. The molecule has 0 unspecified atom stereocenters. The van der Waals surface area contributed by atoms with Gasteiger partial charge >= 0.3 is 18.6 Å². The summed E-state index contributed by atoms with van der Waals surface area (Å²) in [6.45, 7) is 3.38. The van der Waals surface area contributed by atoms with E-state index in [9.17, 15) is 19.2 Å². The van der Waals surface area contributed by atoms with Crippen LogP contribution in [-0.2, 0) is 23.7 Å². The Labute approximate surface area is 196 Å². The van der Waals surface area contributed by atoms with Crippen molar-refractivity contribution in [2.45, 2.75) is 33.1 Å². The number of carbonyl (C=O) groups excluding carboxylic acids is 4. The van der Waals surface area contributed by atoms with E-state index in [0.29, 0.717) is 18.0 Å². The molecule has 3 rings (SSSR count). The van der Waals surface area contributed by atoms with E-state index in [1.807, 2.05) is 20.8 Å². The molecule has 2 N–H and O–H groups in total. The van der Waals surface area contributed by atoms with E-state index in [1.54, 1.807) is 6.07 Å². The molecule has 174 valence electrons. The second kappa shape index (κ2) is 9.29. The molecule has 2 amide bonds. The van der Waals surface area contributed by atoms with Gasteiger partial charge in [0.1, 0.15) is 13.1 Å². The van der Waals surface area contributed by atoms with Crippen LogP contribution >= 0.6 is 23.2 Å². The highest BCUT2D eigenvalue weighted by Crippen LogP contribution is 2.39. The molecule has 0 aliphatic carbocycles. The van der Waals surface area contributed by atoms with E-state index in [2.05, 4.69) is 10.6 Å². The fourth-order valence-electron chi connectivity index (χ4n) is 4.58. The highest BCUT2D eigenvalue weighted by molar-refractivity contribution is 6.68. The van der Waals surface area contributed by atoms with E-state index >= 15 is 0 Å². The van der Waals surface area contributed by atoms with Crippen molar-refractivity contribution in [2.24, 2.45) is 5.92 Å². The number of quaternary nitrogens is 1. The van der Waals surface area contributed by atoms with Crippen LogP contribution in [0.5, 0.6) is 0 Å². The summed E-state index contributed by atoms with van der Waals surface area (Å²) in [5.41, 5.74) is 0.143. The minimum absolute atomic E-state index is 0.0106. The Kier molecular flexibility index (Phi) is 7.07. The van der Waals surface area contributed by atoms with Crippen LogP contribution < -0.4 is 10.6 Å². The molecule has 12 heteroatoms. The Morgan fingerprint density at radius 1 is 1.16 bits per heavy atom. The first-order chi connectivity index (χ1) is 15.0. The van der Waals surface area contributed by atoms with Gasteiger partial charge in [0.05, 0.1) is 23.1 Å². The molecule has 2 aliphatic heterocycles. The minimum atomic E-state index is -2.47. The maximum absolute atomic E-state index is 12.8. The predicted octanol–water partition coefficient (Wildman–Crippen LogP) is 1.68. The lowest BCUT2D eigenvalue weighted by Gasteiger charge is -2.47. The number of carbonyl (C=O) groups is 4. The van der Waals surface area contributed by atoms with Crippen molar-refractivity contribution in [3.8, 4) is 0 Å². The molecular weight excluding hydrogens is 460 g/mol. The van der Waals surface area contributed by atoms with Crippen molar-refractivity contribution in [3.63, 3.8) is 0 Å². The zero-order valence-electron chi connectivity index (χ0n) is 18.2. The summed E-state index contributed by atoms with van der Waals surface area (Å²) in [6.07, 6.45) is 0.417. The molecule has 1 aromatic carbocycles. The summed E-state index contributed by atoms with van der Waals surface area (Å²) in [7, 11) is 0. The lowest BCUT2D eigenvalue weighted by molar-refractivity contribution is -0.814. The summed E-state index contributed by atoms with van der Waals surface area (Å²) in [5, 5.41) is 5.87. The van der Waals surface area contributed by atoms with Crippen LogP contribution in [0.2, 0.25) is 10.0 Å². The molecule has 32 heavy (non-hydrogen) atoms. The Balaban J connectivity index is 1.76. The molecule has 0 radical (unpaired) electrons. The van der Waals surface area contributed by atoms with Gasteiger partial charge in [-0.2, -0.15) is 0 Å². The van der Waals surface area contributed by atoms with Crippen LogP contribution in [-0.4, -0.2) is 67.0 Å². The lowest BCUT2D eigenvalue weighted by atomic mass is 9.57. The molecular formula is C20H26BCl2N3O6. The Morgan fingerprint density at radius 2 is 1.78 bits per heavy atom. The maximum atomic E-state index is 12.8. The third kappa shape index (κ3) is 4.58. The molecule has 2 aliphatic rings. The van der Waals surface area contributed by atoms with Crippen LogP contribution in [0.25, 0.3) is 0 Å². The monoisotopic (exact) mass is 485 g/mol. The highest BCUT2D eigenvalue weighted by atomic mass is 35.5. The average Bonchev–Trinajstić information content (AvgIpc) is 3.14. The number of nitrogens with one attached hydrogen (secondary N) is 2. The van der Waals surface area contributed by atoms with Gasteiger partial charge in [0, 0.05) is 11.6 Å². The summed E-state index contributed by atoms with van der Waals surface area (Å²) in [6, 6.07) is 4.45. The van der Waals surface area contributed by atoms with Gasteiger partial charge in [0.25, 0.3) is 5.91 Å². The molecule has 9 nitrogen and oxygen atoms in total. The number of fused-ring (bicyclic) bond motifs is 1. The van der Waals surface area contributed by atoms with Crippen LogP contribution in [0.4, 0.5) is 0 Å². The number of halogens is 2. The molecule has 2 saturated heterocycles. The first kappa shape index (κ1) is 24.3. The molecule has 0 aromatic heterocycles. The van der Waals surface area contributed by atoms with Crippen molar-refractivity contribution in [1.29, 1.82) is 0 Å². The van der Waals surface area contributed by atoms with Crippen molar-refractivity contribution in [2.75, 3.05) is 26.2 Å². The van der Waals surface area contributed by atoms with E-state index < -0.39 is 36.4 Å². The predicted molar refractivity (Wildman–Crippen MR) is 119 cm³/mol. The van der Waals surface area contributed by atoms with E-state index in [0.717, 1.165) is 0 Å². The Morgan fingerprint density at radius 3 is 2.34 bits per heavy atom. The molecule has 1 atom stereocenters. The van der Waals surface area contributed by atoms with Crippen molar-refractivity contribution in [1.82, 2.24) is 10.6 Å². The second-order valence-corrected chi connectivity index (χ2v) is 9.51. The number of likely N-dealkylation sites (N-methyl/N-ethyl adjacent to an activating group) is 1. The first-order valence-electron chi connectivity index (χ1n) is 10.5. The molecule has 2 fully saturated rings. The third-order valence-electron chi connectivity index (χ3n) is 6.04. The van der Waals surface area contributed by atoms with E-state index in [4.69, 9.17) is 32.5 Å². The fourth-order valence-corrected chi connectivity index (χ4v) is 4.95. The maximum Gasteiger partial charge on any atom is 0.605 e. The minimum Gasteiger partial charge on any atom is -0.599 e. The zero-order chi connectivity index (χ0) is 23.7. The molecule has 1 aromatic rings. The number of hydrogen-bond acceptors (Lipinski definition) is 6. The largest absolute Gasteiger partial charge is 0.605 e. The van der Waals surface area contributed by atoms with Crippen molar-refractivity contribution in [3.05, 3.63) is 33.8 Å². The SMILES string of the molecule is CC[N+]12CC(=O)O[B-]1([C@@H](CC(C)C)NC(=O)CNC(=O)c1cc(Cl)ccc1Cl)OC(=O)C2. The molecule has 2 heterocycles. The number of benzene rings is 1. The number of rotatable bonds is 8. The lowest BCUT2D eigenvalue weighted by Crippen LogP contribution is -2.73. The summed E-state index contributed by atoms with van der Waals surface area (Å²) < 4.78 is 11.3. The zero-order valence-corrected chi connectivity index (χ0v) is 19.7. The smallest absolute Gasteiger partial charge is 0.599 e. The van der Waals surface area contributed by atoms with Gasteiger partial charge < -0.3 is 24.3 Å². The molecule has 0 saturated carbocycles. The van der Waals surface area contributed by atoms with Crippen molar-refractivity contribution < 1.29 is 32.9 Å². The van der Waals surface area contributed by atoms with E-state index in [1.165, 1.54) is 12.1 Å². The Hall–Kier alpha value is -2.30. The second-order valence-electron chi connectivity index (χ2n) is 8.67. The number of nitrogens with zero attached hydrogens (tertiary/aromatic N) is 1. The quantitative estimate of drug-likeness (QED) is 0.542. The highest BCUT2D eigenvalue weighted by Gasteiger charge is 2.70. The summed E-state index contributed by atoms with van der Waals surface area (Å²) in [4.78, 5) is 49.7. The van der Waals surface area contributed by atoms with Gasteiger partial charge in [-0.15, -0.1) is 0 Å². The normalized spacial score (nSPS) is 25.2. The van der Waals surface area contributed by atoms with Crippen LogP contribution in [0, 0.1) is 5.92 Å². The van der Waals surface area contributed by atoms with Gasteiger partial charge in [0.15, 0.2) is 0 Å². The van der Waals surface area contributed by atoms with Gasteiger partial charge in [0.2, 0.25) is 5.91 Å². The number of hydrogen-bond donors (Lipinski definition) is 2. The summed E-state index contributed by atoms with van der Waals surface area (Å²) >= 11 is 12.0. The summed E-state index contributed by atoms with van der Waals surface area (Å²) in [5.74, 6) is -2.63. The third-order valence-corrected chi connectivity index (χ3v) is 6.61. The van der Waals surface area contributed by atoms with Crippen LogP contribution in [0.15, 0.2) is 18.2 Å². The molecule has 0 bridgehead atoms. The fraction of sp³-hybridized carbons (Fsp3) is 0.500. The topological polar surface area (TPSA) is 111 Å². The van der Waals surface area contributed by atoms with Gasteiger partial charge in [-0.25, -0.2) is 0 Å². The van der Waals surface area contributed by atoms with Crippen LogP contribution in [0.1, 0.15) is 37.6 Å². The van der Waals surface area contributed by atoms with Gasteiger partial charge in [-0.1, -0.05) is 37.0 Å². The van der Waals surface area contributed by atoms with Crippen molar-refractivity contribution >= 4 is 53.6 Å². The average molecular weight is 486 g/mol. The van der Waals surface area contributed by atoms with Gasteiger partial charge in [-0.3, -0.25) is 19.2 Å². The van der Waals surface area contributed by atoms with Crippen LogP contribution in [0.3, 0.4) is 0 Å². The first-order valence-corrected chi connectivity index (χ1v) is 11.2.